The van der Waals surface area contributed by atoms with Gasteiger partial charge < -0.3 is 0 Å². The molecule has 10 nitrogen and oxygen atoms in total. The summed E-state index contributed by atoms with van der Waals surface area (Å²) in [4.78, 5) is 41.3. The first kappa shape index (κ1) is 25.1. The Morgan fingerprint density at radius 2 is 1.32 bits per heavy atom. The van der Waals surface area contributed by atoms with Crippen molar-refractivity contribution in [2.75, 3.05) is 0 Å². The lowest BCUT2D eigenvalue weighted by molar-refractivity contribution is -0.432. The minimum Gasteiger partial charge on any atom is -0.291 e. The number of unbranched alkanes of at least 4 members (excludes halogenated alkanes) is 5. The molecule has 0 aliphatic carbocycles. The van der Waals surface area contributed by atoms with Crippen molar-refractivity contribution in [3.8, 4) is 0 Å². The second-order valence-corrected chi connectivity index (χ2v) is 6.06. The normalized spacial score (nSPS) is 12.7. The number of carbonyl (C=O) groups excluding carboxylic acids is 1. The molecule has 0 unspecified atom stereocenters. The highest BCUT2D eigenvalue weighted by Gasteiger charge is 2.15. The van der Waals surface area contributed by atoms with Gasteiger partial charge in [0.1, 0.15) is 0 Å². The van der Waals surface area contributed by atoms with Gasteiger partial charge in [-0.05, 0) is 37.5 Å². The first-order valence-electron chi connectivity index (χ1n) is 9.18. The molecule has 0 bridgehead atoms. The van der Waals surface area contributed by atoms with Crippen LogP contribution in [0.25, 0.3) is 0 Å². The zero-order valence-electron chi connectivity index (χ0n) is 16.0. The Bertz CT molecular complexity index is 639. The number of hydrogen-bond acceptors (Lipinski definition) is 7. The van der Waals surface area contributed by atoms with Crippen LogP contribution in [-0.2, 0) is 4.79 Å². The number of nitro groups is 3. The predicted molar refractivity (Wildman–Crippen MR) is 103 cm³/mol. The van der Waals surface area contributed by atoms with E-state index in [1.54, 1.807) is 6.92 Å². The molecule has 0 saturated heterocycles. The summed E-state index contributed by atoms with van der Waals surface area (Å²) >= 11 is 0. The number of nitrogens with zero attached hydrogens (tertiary/aromatic N) is 3. The second-order valence-electron chi connectivity index (χ2n) is 6.06. The summed E-state index contributed by atoms with van der Waals surface area (Å²) in [7, 11) is 0. The Kier molecular flexibility index (Phi) is 13.6. The molecule has 155 valence electrons. The second kappa shape index (κ2) is 15.2. The Hall–Kier alpha value is -2.91. The van der Waals surface area contributed by atoms with Gasteiger partial charge in [0.2, 0.25) is 17.1 Å². The van der Waals surface area contributed by atoms with Gasteiger partial charge in [-0.3, -0.25) is 35.1 Å². The van der Waals surface area contributed by atoms with E-state index in [0.29, 0.717) is 12.8 Å². The molecule has 0 fully saturated rings. The molecule has 28 heavy (non-hydrogen) atoms. The van der Waals surface area contributed by atoms with Crippen LogP contribution in [0, 0.1) is 30.3 Å². The molecule has 0 amide bonds. The number of hydrogen-bond donors (Lipinski definition) is 0. The maximum atomic E-state index is 11.1. The van der Waals surface area contributed by atoms with Crippen molar-refractivity contribution in [1.82, 2.24) is 0 Å². The standard InChI is InChI=1S/C18H26N3O7/c1-2-16(19(23)24)11-9-12-18(21(27)28)14-13-17(20(25)26)10-7-5-3-4-6-8-15-22/h11-13H,2-10,14H2,1H3/b16-11+,17-13+,18-12+. The van der Waals surface area contributed by atoms with E-state index >= 15 is 0 Å². The Morgan fingerprint density at radius 3 is 1.86 bits per heavy atom. The van der Waals surface area contributed by atoms with Gasteiger partial charge in [-0.25, -0.2) is 0 Å². The minimum atomic E-state index is -0.635. The molecular weight excluding hydrogens is 370 g/mol. The molecule has 10 heteroatoms. The largest absolute Gasteiger partial charge is 0.291 e. The van der Waals surface area contributed by atoms with Gasteiger partial charge in [0.15, 0.2) is 6.29 Å². The van der Waals surface area contributed by atoms with Gasteiger partial charge in [-0.1, -0.05) is 26.2 Å². The van der Waals surface area contributed by atoms with Crippen molar-refractivity contribution >= 4 is 6.29 Å². The molecule has 0 aliphatic rings. The Morgan fingerprint density at radius 1 is 0.786 bits per heavy atom. The topological polar surface area (TPSA) is 146 Å². The van der Waals surface area contributed by atoms with Crippen molar-refractivity contribution in [2.45, 2.75) is 71.1 Å². The van der Waals surface area contributed by atoms with Crippen LogP contribution in [-0.4, -0.2) is 21.1 Å². The molecule has 0 N–H and O–H groups in total. The lowest BCUT2D eigenvalue weighted by Gasteiger charge is -2.00. The molecule has 0 aromatic heterocycles. The van der Waals surface area contributed by atoms with E-state index in [1.165, 1.54) is 18.2 Å². The van der Waals surface area contributed by atoms with Crippen molar-refractivity contribution in [1.29, 1.82) is 0 Å². The van der Waals surface area contributed by atoms with E-state index in [-0.39, 0.29) is 42.8 Å². The molecule has 0 atom stereocenters. The van der Waals surface area contributed by atoms with Gasteiger partial charge >= 0.3 is 0 Å². The quantitative estimate of drug-likeness (QED) is 0.212. The van der Waals surface area contributed by atoms with Crippen LogP contribution in [0.15, 0.2) is 35.3 Å². The third kappa shape index (κ3) is 11.7. The van der Waals surface area contributed by atoms with E-state index in [1.807, 2.05) is 6.29 Å². The lowest BCUT2D eigenvalue weighted by atomic mass is 10.1. The summed E-state index contributed by atoms with van der Waals surface area (Å²) in [5.74, 6) is 0. The first-order chi connectivity index (χ1) is 13.3. The smallest absolute Gasteiger partial charge is 0.246 e. The number of rotatable bonds is 16. The highest BCUT2D eigenvalue weighted by atomic mass is 16.6. The van der Waals surface area contributed by atoms with Gasteiger partial charge in [0, 0.05) is 19.3 Å². The molecule has 0 aliphatic heterocycles. The maximum absolute atomic E-state index is 11.1. The van der Waals surface area contributed by atoms with Crippen LogP contribution in [0.5, 0.6) is 0 Å². The lowest BCUT2D eigenvalue weighted by Crippen LogP contribution is -2.02. The highest BCUT2D eigenvalue weighted by Crippen LogP contribution is 2.15. The zero-order chi connectivity index (χ0) is 21.4. The van der Waals surface area contributed by atoms with E-state index in [9.17, 15) is 35.1 Å². The van der Waals surface area contributed by atoms with Gasteiger partial charge in [-0.2, -0.15) is 0 Å². The Balaban J connectivity index is 4.76. The van der Waals surface area contributed by atoms with E-state index in [4.69, 9.17) is 0 Å². The van der Waals surface area contributed by atoms with Crippen molar-refractivity contribution in [2.24, 2.45) is 0 Å². The molecule has 1 radical (unpaired) electrons. The fraction of sp³-hybridized carbons (Fsp3) is 0.611. The molecule has 0 aromatic carbocycles. The third-order valence-corrected chi connectivity index (χ3v) is 4.03. The average molecular weight is 396 g/mol. The fourth-order valence-electron chi connectivity index (χ4n) is 2.44. The van der Waals surface area contributed by atoms with Crippen molar-refractivity contribution in [3.63, 3.8) is 0 Å². The van der Waals surface area contributed by atoms with E-state index in [2.05, 4.69) is 0 Å². The molecule has 0 aromatic rings. The van der Waals surface area contributed by atoms with Crippen LogP contribution in [0.4, 0.5) is 0 Å². The van der Waals surface area contributed by atoms with Crippen LogP contribution >= 0.6 is 0 Å². The molecule has 0 saturated carbocycles. The summed E-state index contributed by atoms with van der Waals surface area (Å²) < 4.78 is 0. The molecule has 0 heterocycles. The highest BCUT2D eigenvalue weighted by molar-refractivity contribution is 5.50. The summed E-state index contributed by atoms with van der Waals surface area (Å²) in [5, 5.41) is 32.9. The van der Waals surface area contributed by atoms with Crippen LogP contribution in [0.1, 0.15) is 71.1 Å². The third-order valence-electron chi connectivity index (χ3n) is 4.03. The molecular formula is C18H26N3O7. The Labute approximate surface area is 163 Å². The van der Waals surface area contributed by atoms with Crippen molar-refractivity contribution < 1.29 is 19.6 Å². The number of allylic oxidation sites excluding steroid dienone is 5. The first-order valence-corrected chi connectivity index (χ1v) is 9.18. The summed E-state index contributed by atoms with van der Waals surface area (Å²) in [5.41, 5.74) is -0.352. The SMILES string of the molecule is CC/C(=C\C/C=C(\C/C=C(\CCCCCCC[C]=O)[N+](=O)[O-])[N+](=O)[O-])[N+](=O)[O-]. The zero-order valence-corrected chi connectivity index (χ0v) is 16.0. The van der Waals surface area contributed by atoms with Gasteiger partial charge in [-0.15, -0.1) is 0 Å². The summed E-state index contributed by atoms with van der Waals surface area (Å²) in [6, 6.07) is 0. The monoisotopic (exact) mass is 396 g/mol. The average Bonchev–Trinajstić information content (AvgIpc) is 2.63. The van der Waals surface area contributed by atoms with Gasteiger partial charge in [0.25, 0.3) is 0 Å². The molecule has 0 spiro atoms. The summed E-state index contributed by atoms with van der Waals surface area (Å²) in [6.07, 6.45) is 10.00. The van der Waals surface area contributed by atoms with Crippen molar-refractivity contribution in [3.05, 3.63) is 65.7 Å². The maximum Gasteiger partial charge on any atom is 0.246 e. The van der Waals surface area contributed by atoms with E-state index < -0.39 is 14.8 Å². The fourth-order valence-corrected chi connectivity index (χ4v) is 2.44. The summed E-state index contributed by atoms with van der Waals surface area (Å²) in [6.45, 7) is 1.61. The van der Waals surface area contributed by atoms with Crippen LogP contribution < -0.4 is 0 Å². The van der Waals surface area contributed by atoms with Crippen LogP contribution in [0.2, 0.25) is 0 Å². The molecule has 0 rings (SSSR count). The minimum absolute atomic E-state index is 0.0142. The van der Waals surface area contributed by atoms with Gasteiger partial charge in [0.05, 0.1) is 21.2 Å². The van der Waals surface area contributed by atoms with Crippen LogP contribution in [0.3, 0.4) is 0 Å². The predicted octanol–water partition coefficient (Wildman–Crippen LogP) is 4.50. The van der Waals surface area contributed by atoms with E-state index in [0.717, 1.165) is 25.7 Å².